The van der Waals surface area contributed by atoms with E-state index in [2.05, 4.69) is 21.4 Å². The van der Waals surface area contributed by atoms with Crippen molar-refractivity contribution >= 4 is 18.1 Å². The largest absolute Gasteiger partial charge is 0.490 e. The number of benzene rings is 2. The average molecular weight is 396 g/mol. The van der Waals surface area contributed by atoms with Crippen molar-refractivity contribution in [3.05, 3.63) is 59.7 Å². The highest BCUT2D eigenvalue weighted by Gasteiger charge is 2.26. The number of hydrogen-bond acceptors (Lipinski definition) is 7. The Morgan fingerprint density at radius 2 is 1.97 bits per heavy atom. The lowest BCUT2D eigenvalue weighted by Gasteiger charge is -2.11. The van der Waals surface area contributed by atoms with Crippen LogP contribution < -0.4 is 25.8 Å². The number of carbonyl (C=O) groups excluding carboxylic acids is 2. The Morgan fingerprint density at radius 3 is 2.66 bits per heavy atom. The van der Waals surface area contributed by atoms with Crippen molar-refractivity contribution < 1.29 is 19.1 Å². The lowest BCUT2D eigenvalue weighted by molar-refractivity contribution is -0.122. The van der Waals surface area contributed by atoms with Gasteiger partial charge in [0, 0.05) is 6.04 Å². The molecule has 8 nitrogen and oxygen atoms in total. The number of hydrazone groups is 1. The van der Waals surface area contributed by atoms with Crippen LogP contribution in [0.1, 0.15) is 36.2 Å². The molecule has 2 atom stereocenters. The van der Waals surface area contributed by atoms with Crippen LogP contribution in [0.25, 0.3) is 0 Å². The summed E-state index contributed by atoms with van der Waals surface area (Å²) in [4.78, 5) is 24.3. The van der Waals surface area contributed by atoms with Crippen LogP contribution >= 0.6 is 0 Å². The predicted octanol–water partition coefficient (Wildman–Crippen LogP) is 2.01. The molecule has 0 radical (unpaired) electrons. The summed E-state index contributed by atoms with van der Waals surface area (Å²) >= 11 is 0. The average Bonchev–Trinajstić information content (AvgIpc) is 3.17. The van der Waals surface area contributed by atoms with Crippen LogP contribution in [0.5, 0.6) is 11.5 Å². The van der Waals surface area contributed by atoms with Crippen LogP contribution in [0, 0.1) is 0 Å². The number of amides is 1. The first-order valence-electron chi connectivity index (χ1n) is 9.45. The van der Waals surface area contributed by atoms with E-state index in [0.717, 1.165) is 0 Å². The quantitative estimate of drug-likeness (QED) is 0.286. The summed E-state index contributed by atoms with van der Waals surface area (Å²) in [7, 11) is 0. The Kier molecular flexibility index (Phi) is 6.94. The molecule has 3 rings (SSSR count). The maximum Gasteiger partial charge on any atom is 0.343 e. The molecular weight excluding hydrogens is 372 g/mol. The standard InChI is InChI=1S/C21H24N4O4/c1-3-28-19-12-15(13-22-25-20(26)17-11-14(2)23-24-17)9-10-18(19)29-21(27)16-7-5-4-6-8-16/h4-10,12-14,17,23-24H,3,11H2,1-2H3,(H,25,26)/b22-13+. The third-order valence-electron chi connectivity index (χ3n) is 4.28. The molecule has 29 heavy (non-hydrogen) atoms. The summed E-state index contributed by atoms with van der Waals surface area (Å²) in [6.07, 6.45) is 2.20. The first kappa shape index (κ1) is 20.5. The Hall–Kier alpha value is -3.23. The third-order valence-corrected chi connectivity index (χ3v) is 4.28. The molecule has 1 amide bonds. The molecule has 1 aliphatic heterocycles. The summed E-state index contributed by atoms with van der Waals surface area (Å²) in [6.45, 7) is 4.24. The van der Waals surface area contributed by atoms with Gasteiger partial charge < -0.3 is 9.47 Å². The molecular formula is C21H24N4O4. The lowest BCUT2D eigenvalue weighted by Crippen LogP contribution is -2.41. The molecule has 2 aromatic carbocycles. The minimum absolute atomic E-state index is 0.212. The minimum atomic E-state index is -0.466. The van der Waals surface area contributed by atoms with E-state index >= 15 is 0 Å². The van der Waals surface area contributed by atoms with Crippen LogP contribution in [0.2, 0.25) is 0 Å². The number of nitrogens with one attached hydrogen (secondary N) is 3. The maximum atomic E-state index is 12.3. The normalized spacial score (nSPS) is 18.6. The molecule has 1 aliphatic rings. The Balaban J connectivity index is 1.65. The van der Waals surface area contributed by atoms with Gasteiger partial charge in [-0.05, 0) is 56.2 Å². The van der Waals surface area contributed by atoms with Gasteiger partial charge >= 0.3 is 5.97 Å². The molecule has 152 valence electrons. The number of esters is 1. The number of hydrogen-bond donors (Lipinski definition) is 3. The van der Waals surface area contributed by atoms with Gasteiger partial charge in [0.25, 0.3) is 5.91 Å². The van der Waals surface area contributed by atoms with Gasteiger partial charge in [-0.2, -0.15) is 5.10 Å². The fourth-order valence-electron chi connectivity index (χ4n) is 2.83. The van der Waals surface area contributed by atoms with E-state index in [4.69, 9.17) is 9.47 Å². The molecule has 0 saturated carbocycles. The lowest BCUT2D eigenvalue weighted by atomic mass is 10.1. The highest BCUT2D eigenvalue weighted by atomic mass is 16.6. The van der Waals surface area contributed by atoms with Crippen molar-refractivity contribution in [3.63, 3.8) is 0 Å². The summed E-state index contributed by atoms with van der Waals surface area (Å²) in [5, 5.41) is 3.99. The summed E-state index contributed by atoms with van der Waals surface area (Å²) in [6, 6.07) is 13.7. The Morgan fingerprint density at radius 1 is 1.17 bits per heavy atom. The second-order valence-corrected chi connectivity index (χ2v) is 6.61. The van der Waals surface area contributed by atoms with Gasteiger partial charge in [0.05, 0.1) is 18.4 Å². The molecule has 1 heterocycles. The summed E-state index contributed by atoms with van der Waals surface area (Å²) < 4.78 is 11.1. The van der Waals surface area contributed by atoms with Crippen LogP contribution in [0.4, 0.5) is 0 Å². The first-order valence-corrected chi connectivity index (χ1v) is 9.45. The molecule has 2 aromatic rings. The zero-order valence-corrected chi connectivity index (χ0v) is 16.3. The molecule has 2 unspecified atom stereocenters. The monoisotopic (exact) mass is 396 g/mol. The molecule has 0 spiro atoms. The molecule has 0 bridgehead atoms. The minimum Gasteiger partial charge on any atom is -0.490 e. The van der Waals surface area contributed by atoms with Crippen LogP contribution in [-0.4, -0.2) is 36.8 Å². The van der Waals surface area contributed by atoms with E-state index in [1.165, 1.54) is 6.21 Å². The number of carbonyl (C=O) groups is 2. The second kappa shape index (κ2) is 9.81. The summed E-state index contributed by atoms with van der Waals surface area (Å²) in [5.41, 5.74) is 9.57. The Bertz CT molecular complexity index is 886. The number of rotatable bonds is 7. The fraction of sp³-hybridized carbons (Fsp3) is 0.286. The van der Waals surface area contributed by atoms with E-state index < -0.39 is 5.97 Å². The van der Waals surface area contributed by atoms with Crippen LogP contribution in [0.3, 0.4) is 0 Å². The van der Waals surface area contributed by atoms with Crippen molar-refractivity contribution in [1.29, 1.82) is 0 Å². The fourth-order valence-corrected chi connectivity index (χ4v) is 2.83. The van der Waals surface area contributed by atoms with Gasteiger partial charge in [-0.3, -0.25) is 10.2 Å². The van der Waals surface area contributed by atoms with E-state index in [9.17, 15) is 9.59 Å². The van der Waals surface area contributed by atoms with Crippen molar-refractivity contribution in [3.8, 4) is 11.5 Å². The van der Waals surface area contributed by atoms with E-state index in [-0.39, 0.29) is 18.0 Å². The van der Waals surface area contributed by atoms with Gasteiger partial charge in [0.1, 0.15) is 6.04 Å². The zero-order valence-electron chi connectivity index (χ0n) is 16.3. The zero-order chi connectivity index (χ0) is 20.6. The number of hydrazine groups is 1. The molecule has 0 aromatic heterocycles. The summed E-state index contributed by atoms with van der Waals surface area (Å²) in [5.74, 6) is 0.0586. The number of nitrogens with zero attached hydrogens (tertiary/aromatic N) is 1. The third kappa shape index (κ3) is 5.63. The van der Waals surface area contributed by atoms with E-state index in [1.54, 1.807) is 42.5 Å². The number of ether oxygens (including phenoxy) is 2. The molecule has 3 N–H and O–H groups in total. The van der Waals surface area contributed by atoms with Crippen molar-refractivity contribution in [2.24, 2.45) is 5.10 Å². The van der Waals surface area contributed by atoms with Gasteiger partial charge in [0.2, 0.25) is 0 Å². The van der Waals surface area contributed by atoms with Crippen molar-refractivity contribution in [2.75, 3.05) is 6.61 Å². The highest BCUT2D eigenvalue weighted by Crippen LogP contribution is 2.29. The van der Waals surface area contributed by atoms with Gasteiger partial charge in [-0.15, -0.1) is 0 Å². The smallest absolute Gasteiger partial charge is 0.343 e. The van der Waals surface area contributed by atoms with Gasteiger partial charge in [-0.25, -0.2) is 15.6 Å². The van der Waals surface area contributed by atoms with E-state index in [0.29, 0.717) is 35.7 Å². The van der Waals surface area contributed by atoms with Crippen molar-refractivity contribution in [1.82, 2.24) is 16.3 Å². The molecule has 1 saturated heterocycles. The van der Waals surface area contributed by atoms with Crippen molar-refractivity contribution in [2.45, 2.75) is 32.4 Å². The SMILES string of the molecule is CCOc1cc(/C=N/NC(=O)C2CC(C)NN2)ccc1OC(=O)c1ccccc1. The topological polar surface area (TPSA) is 101 Å². The molecule has 0 aliphatic carbocycles. The van der Waals surface area contributed by atoms with E-state index in [1.807, 2.05) is 19.9 Å². The predicted molar refractivity (Wildman–Crippen MR) is 109 cm³/mol. The van der Waals surface area contributed by atoms with Gasteiger partial charge in [-0.1, -0.05) is 18.2 Å². The van der Waals surface area contributed by atoms with Crippen LogP contribution in [-0.2, 0) is 4.79 Å². The highest BCUT2D eigenvalue weighted by molar-refractivity contribution is 5.91. The second-order valence-electron chi connectivity index (χ2n) is 6.61. The Labute approximate surface area is 169 Å². The van der Waals surface area contributed by atoms with Gasteiger partial charge in [0.15, 0.2) is 11.5 Å². The first-order chi connectivity index (χ1) is 14.1. The van der Waals surface area contributed by atoms with Crippen LogP contribution in [0.15, 0.2) is 53.6 Å². The molecule has 8 heteroatoms. The maximum absolute atomic E-state index is 12.3. The molecule has 1 fully saturated rings.